The molecule has 0 amide bonds. The van der Waals surface area contributed by atoms with E-state index in [2.05, 4.69) is 36.4 Å². The summed E-state index contributed by atoms with van der Waals surface area (Å²) in [6.45, 7) is 1.27. The van der Waals surface area contributed by atoms with E-state index < -0.39 is 0 Å². The Morgan fingerprint density at radius 2 is 1.05 bits per heavy atom. The molecule has 2 aromatic rings. The fourth-order valence-corrected chi connectivity index (χ4v) is 1.70. The molecule has 1 nitrogen and oxygen atoms in total. The molecule has 0 saturated carbocycles. The van der Waals surface area contributed by atoms with Gasteiger partial charge in [0.25, 0.3) is 0 Å². The van der Waals surface area contributed by atoms with Gasteiger partial charge in [0.05, 0.1) is 13.2 Å². The fourth-order valence-electron chi connectivity index (χ4n) is 1.70. The van der Waals surface area contributed by atoms with Crippen LogP contribution < -0.4 is 0 Å². The Morgan fingerprint density at radius 1 is 0.632 bits per heavy atom. The van der Waals surface area contributed by atoms with Crippen LogP contribution in [0.4, 0.5) is 0 Å². The van der Waals surface area contributed by atoms with Gasteiger partial charge in [0.2, 0.25) is 0 Å². The van der Waals surface area contributed by atoms with Crippen molar-refractivity contribution in [1.82, 2.24) is 0 Å². The van der Waals surface area contributed by atoms with Crippen LogP contribution in [0.2, 0.25) is 0 Å². The largest absolute Gasteiger partial charge is 0.373 e. The second kappa shape index (κ2) is 8.06. The fraction of sp³-hybridized carbons (Fsp3) is 0.111. The zero-order valence-corrected chi connectivity index (χ0v) is 10.9. The van der Waals surface area contributed by atoms with E-state index in [-0.39, 0.29) is 0 Å². The Balaban J connectivity index is 1.65. The smallest absolute Gasteiger partial charge is 0.0655 e. The molecule has 1 heteroatoms. The SMILES string of the molecule is C(=Cc1ccccc1)COCC=Cc1ccccc1. The molecule has 0 aliphatic heterocycles. The van der Waals surface area contributed by atoms with Gasteiger partial charge in [-0.1, -0.05) is 85.0 Å². The third-order valence-corrected chi connectivity index (χ3v) is 2.65. The van der Waals surface area contributed by atoms with Crippen LogP contribution in [0.1, 0.15) is 11.1 Å². The number of benzene rings is 2. The zero-order valence-electron chi connectivity index (χ0n) is 10.9. The van der Waals surface area contributed by atoms with Crippen molar-refractivity contribution >= 4 is 12.2 Å². The first-order valence-electron chi connectivity index (χ1n) is 6.46. The van der Waals surface area contributed by atoms with Gasteiger partial charge in [-0.2, -0.15) is 0 Å². The van der Waals surface area contributed by atoms with E-state index in [0.29, 0.717) is 13.2 Å². The Labute approximate surface area is 114 Å². The molecule has 2 aromatic carbocycles. The van der Waals surface area contributed by atoms with Crippen LogP contribution in [0.25, 0.3) is 12.2 Å². The van der Waals surface area contributed by atoms with Gasteiger partial charge in [0.15, 0.2) is 0 Å². The van der Waals surface area contributed by atoms with Crippen molar-refractivity contribution in [2.24, 2.45) is 0 Å². The lowest BCUT2D eigenvalue weighted by atomic mass is 10.2. The Morgan fingerprint density at radius 3 is 1.47 bits per heavy atom. The van der Waals surface area contributed by atoms with Crippen LogP contribution in [0, 0.1) is 0 Å². The predicted octanol–water partition coefficient (Wildman–Crippen LogP) is 4.43. The average molecular weight is 250 g/mol. The Kier molecular flexibility index (Phi) is 5.65. The summed E-state index contributed by atoms with van der Waals surface area (Å²) in [7, 11) is 0. The second-order valence-corrected chi connectivity index (χ2v) is 4.16. The van der Waals surface area contributed by atoms with Gasteiger partial charge in [-0.25, -0.2) is 0 Å². The van der Waals surface area contributed by atoms with Crippen molar-refractivity contribution < 1.29 is 4.74 Å². The maximum atomic E-state index is 5.50. The van der Waals surface area contributed by atoms with E-state index >= 15 is 0 Å². The molecule has 96 valence electrons. The maximum Gasteiger partial charge on any atom is 0.0655 e. The van der Waals surface area contributed by atoms with Crippen LogP contribution in [-0.4, -0.2) is 13.2 Å². The normalized spacial score (nSPS) is 11.4. The van der Waals surface area contributed by atoms with Gasteiger partial charge in [0.1, 0.15) is 0 Å². The molecule has 19 heavy (non-hydrogen) atoms. The number of ether oxygens (including phenoxy) is 1. The van der Waals surface area contributed by atoms with E-state index in [1.165, 1.54) is 11.1 Å². The summed E-state index contributed by atoms with van der Waals surface area (Å²) in [5.41, 5.74) is 2.40. The van der Waals surface area contributed by atoms with Crippen LogP contribution in [0.3, 0.4) is 0 Å². The van der Waals surface area contributed by atoms with Crippen molar-refractivity contribution in [1.29, 1.82) is 0 Å². The van der Waals surface area contributed by atoms with Gasteiger partial charge < -0.3 is 4.74 Å². The number of hydrogen-bond acceptors (Lipinski definition) is 1. The highest BCUT2D eigenvalue weighted by atomic mass is 16.5. The van der Waals surface area contributed by atoms with E-state index in [1.807, 2.05) is 48.6 Å². The summed E-state index contributed by atoms with van der Waals surface area (Å²) >= 11 is 0. The molecule has 0 spiro atoms. The first-order valence-corrected chi connectivity index (χ1v) is 6.46. The molecule has 0 bridgehead atoms. The van der Waals surface area contributed by atoms with Gasteiger partial charge in [-0.05, 0) is 11.1 Å². The van der Waals surface area contributed by atoms with Gasteiger partial charge >= 0.3 is 0 Å². The van der Waals surface area contributed by atoms with Crippen LogP contribution in [0.5, 0.6) is 0 Å². The van der Waals surface area contributed by atoms with Gasteiger partial charge in [-0.15, -0.1) is 0 Å². The number of hydrogen-bond donors (Lipinski definition) is 0. The molecule has 0 radical (unpaired) electrons. The van der Waals surface area contributed by atoms with E-state index in [4.69, 9.17) is 4.74 Å². The summed E-state index contributed by atoms with van der Waals surface area (Å²) in [4.78, 5) is 0. The lowest BCUT2D eigenvalue weighted by Gasteiger charge is -1.96. The third kappa shape index (κ3) is 5.36. The summed E-state index contributed by atoms with van der Waals surface area (Å²) in [6, 6.07) is 20.5. The first kappa shape index (κ1) is 13.3. The Hall–Kier alpha value is -2.12. The average Bonchev–Trinajstić information content (AvgIpc) is 2.48. The highest BCUT2D eigenvalue weighted by molar-refractivity contribution is 5.49. The second-order valence-electron chi connectivity index (χ2n) is 4.16. The summed E-state index contributed by atoms with van der Waals surface area (Å²) < 4.78 is 5.50. The van der Waals surface area contributed by atoms with Crippen molar-refractivity contribution in [3.05, 3.63) is 83.9 Å². The highest BCUT2D eigenvalue weighted by Gasteiger charge is 1.84. The van der Waals surface area contributed by atoms with E-state index in [0.717, 1.165) is 0 Å². The lowest BCUT2D eigenvalue weighted by molar-refractivity contribution is 0.195. The van der Waals surface area contributed by atoms with Crippen molar-refractivity contribution in [3.8, 4) is 0 Å². The number of rotatable bonds is 6. The third-order valence-electron chi connectivity index (χ3n) is 2.65. The lowest BCUT2D eigenvalue weighted by Crippen LogP contribution is -1.90. The molecule has 0 heterocycles. The molecule has 0 fully saturated rings. The Bertz CT molecular complexity index is 462. The molecule has 0 saturated heterocycles. The minimum absolute atomic E-state index is 0.633. The minimum Gasteiger partial charge on any atom is -0.373 e. The van der Waals surface area contributed by atoms with Crippen LogP contribution >= 0.6 is 0 Å². The molecule has 0 aliphatic rings. The maximum absolute atomic E-state index is 5.50. The summed E-state index contributed by atoms with van der Waals surface area (Å²) in [6.07, 6.45) is 8.21. The van der Waals surface area contributed by atoms with Crippen molar-refractivity contribution in [2.45, 2.75) is 0 Å². The quantitative estimate of drug-likeness (QED) is 0.689. The molecular weight excluding hydrogens is 232 g/mol. The van der Waals surface area contributed by atoms with E-state index in [9.17, 15) is 0 Å². The van der Waals surface area contributed by atoms with Crippen LogP contribution in [-0.2, 0) is 4.74 Å². The first-order chi connectivity index (χ1) is 9.45. The van der Waals surface area contributed by atoms with Gasteiger partial charge in [-0.3, -0.25) is 0 Å². The highest BCUT2D eigenvalue weighted by Crippen LogP contribution is 2.02. The molecule has 0 aliphatic carbocycles. The monoisotopic (exact) mass is 250 g/mol. The predicted molar refractivity (Wildman–Crippen MR) is 81.8 cm³/mol. The summed E-state index contributed by atoms with van der Waals surface area (Å²) in [5.74, 6) is 0. The minimum atomic E-state index is 0.633. The molecule has 0 aromatic heterocycles. The molecule has 0 N–H and O–H groups in total. The van der Waals surface area contributed by atoms with Crippen molar-refractivity contribution in [3.63, 3.8) is 0 Å². The molecule has 0 unspecified atom stereocenters. The van der Waals surface area contributed by atoms with E-state index in [1.54, 1.807) is 0 Å². The standard InChI is InChI=1S/C18H18O/c1-3-9-17(10-4-1)13-7-15-19-16-8-14-18-11-5-2-6-12-18/h1-14H,15-16H2. The zero-order chi connectivity index (χ0) is 13.2. The molecule has 0 atom stereocenters. The molecular formula is C18H18O. The molecule has 2 rings (SSSR count). The summed E-state index contributed by atoms with van der Waals surface area (Å²) in [5, 5.41) is 0. The van der Waals surface area contributed by atoms with Crippen LogP contribution in [0.15, 0.2) is 72.8 Å². The topological polar surface area (TPSA) is 9.23 Å². The van der Waals surface area contributed by atoms with Crippen molar-refractivity contribution in [2.75, 3.05) is 13.2 Å². The van der Waals surface area contributed by atoms with Gasteiger partial charge in [0, 0.05) is 0 Å².